The van der Waals surface area contributed by atoms with Crippen molar-refractivity contribution in [2.24, 2.45) is 5.92 Å². The highest BCUT2D eigenvalue weighted by molar-refractivity contribution is 7.13. The number of amides is 1. The third-order valence-corrected chi connectivity index (χ3v) is 4.03. The lowest BCUT2D eigenvalue weighted by Crippen LogP contribution is -2.27. The fraction of sp³-hybridized carbons (Fsp3) is 0.467. The Balaban J connectivity index is 1.88. The van der Waals surface area contributed by atoms with Gasteiger partial charge in [-0.3, -0.25) is 9.59 Å². The van der Waals surface area contributed by atoms with E-state index in [2.05, 4.69) is 34.3 Å². The maximum Gasteiger partial charge on any atom is 0.273 e. The van der Waals surface area contributed by atoms with Crippen LogP contribution in [0.25, 0.3) is 10.7 Å². The molecule has 118 valence electrons. The lowest BCUT2D eigenvalue weighted by molar-refractivity contribution is -0.121. The molecule has 0 fully saturated rings. The van der Waals surface area contributed by atoms with Gasteiger partial charge in [0.1, 0.15) is 5.69 Å². The number of hydrogen-bond acceptors (Lipinski definition) is 5. The van der Waals surface area contributed by atoms with Crippen LogP contribution >= 0.6 is 11.3 Å². The third kappa shape index (κ3) is 4.77. The number of nitrogens with zero attached hydrogens (tertiary/aromatic N) is 2. The average molecular weight is 320 g/mol. The fourth-order valence-electron chi connectivity index (χ4n) is 1.87. The van der Waals surface area contributed by atoms with Gasteiger partial charge in [0, 0.05) is 19.4 Å². The van der Waals surface area contributed by atoms with Crippen LogP contribution in [0.1, 0.15) is 32.4 Å². The molecule has 2 aromatic heterocycles. The van der Waals surface area contributed by atoms with Crippen LogP contribution in [0.4, 0.5) is 0 Å². The maximum atomic E-state index is 12.0. The second-order valence-corrected chi connectivity index (χ2v) is 6.41. The zero-order valence-electron chi connectivity index (χ0n) is 12.8. The summed E-state index contributed by atoms with van der Waals surface area (Å²) in [6.07, 6.45) is 1.48. The Kier molecular flexibility index (Phi) is 5.83. The van der Waals surface area contributed by atoms with Gasteiger partial charge in [-0.15, -0.1) is 21.5 Å². The molecule has 0 saturated carbocycles. The molecule has 0 aliphatic heterocycles. The van der Waals surface area contributed by atoms with Gasteiger partial charge in [0.2, 0.25) is 5.91 Å². The predicted molar refractivity (Wildman–Crippen MR) is 86.8 cm³/mol. The number of carbonyl (C=O) groups is 1. The highest BCUT2D eigenvalue weighted by atomic mass is 32.1. The van der Waals surface area contributed by atoms with Crippen molar-refractivity contribution in [3.8, 4) is 10.7 Å². The van der Waals surface area contributed by atoms with Crippen LogP contribution in [0.15, 0.2) is 22.3 Å². The number of hydrogen-bond donors (Lipinski definition) is 2. The lowest BCUT2D eigenvalue weighted by Gasteiger charge is -2.06. The molecule has 0 bridgehead atoms. The Morgan fingerprint density at radius 2 is 2.23 bits per heavy atom. The van der Waals surface area contributed by atoms with Gasteiger partial charge in [-0.1, -0.05) is 19.9 Å². The van der Waals surface area contributed by atoms with E-state index in [1.54, 1.807) is 0 Å². The van der Waals surface area contributed by atoms with Gasteiger partial charge in [-0.05, 0) is 23.8 Å². The second-order valence-electron chi connectivity index (χ2n) is 5.46. The molecule has 0 aliphatic rings. The van der Waals surface area contributed by atoms with E-state index in [9.17, 15) is 9.59 Å². The third-order valence-electron chi connectivity index (χ3n) is 3.15. The molecule has 22 heavy (non-hydrogen) atoms. The topological polar surface area (TPSA) is 87.7 Å². The minimum absolute atomic E-state index is 0.0656. The Hall–Kier alpha value is -2.02. The van der Waals surface area contributed by atoms with Gasteiger partial charge in [0.05, 0.1) is 4.88 Å². The quantitative estimate of drug-likeness (QED) is 0.816. The molecule has 2 N–H and O–H groups in total. The number of rotatable bonds is 7. The van der Waals surface area contributed by atoms with Gasteiger partial charge in [0.15, 0.2) is 5.82 Å². The van der Waals surface area contributed by atoms with Crippen LogP contribution in [0.2, 0.25) is 0 Å². The molecular formula is C15H20N4O2S. The SMILES string of the molecule is CC(C)CCNC(=O)CCc1nnc(-c2cccs2)[nH]c1=O. The van der Waals surface area contributed by atoms with Gasteiger partial charge in [0.25, 0.3) is 5.56 Å². The first-order valence-electron chi connectivity index (χ1n) is 7.32. The van der Waals surface area contributed by atoms with Gasteiger partial charge in [-0.25, -0.2) is 0 Å². The number of carbonyl (C=O) groups excluding carboxylic acids is 1. The molecule has 0 radical (unpaired) electrons. The summed E-state index contributed by atoms with van der Waals surface area (Å²) >= 11 is 1.48. The van der Waals surface area contributed by atoms with E-state index >= 15 is 0 Å². The minimum Gasteiger partial charge on any atom is -0.356 e. The van der Waals surface area contributed by atoms with Crippen LogP contribution in [0, 0.1) is 5.92 Å². The van der Waals surface area contributed by atoms with Crippen LogP contribution in [0.5, 0.6) is 0 Å². The van der Waals surface area contributed by atoms with E-state index < -0.39 is 0 Å². The van der Waals surface area contributed by atoms with Gasteiger partial charge >= 0.3 is 0 Å². The molecule has 0 aliphatic carbocycles. The van der Waals surface area contributed by atoms with E-state index in [0.717, 1.165) is 11.3 Å². The first kappa shape index (κ1) is 16.4. The molecule has 0 spiro atoms. The van der Waals surface area contributed by atoms with Crippen molar-refractivity contribution < 1.29 is 4.79 Å². The molecular weight excluding hydrogens is 300 g/mol. The van der Waals surface area contributed by atoms with Crippen LogP contribution in [-0.4, -0.2) is 27.6 Å². The summed E-state index contributed by atoms with van der Waals surface area (Å²) < 4.78 is 0. The van der Waals surface area contributed by atoms with Crippen LogP contribution in [-0.2, 0) is 11.2 Å². The largest absolute Gasteiger partial charge is 0.356 e. The van der Waals surface area contributed by atoms with Crippen LogP contribution in [0.3, 0.4) is 0 Å². The van der Waals surface area contributed by atoms with Gasteiger partial charge < -0.3 is 10.3 Å². The zero-order chi connectivity index (χ0) is 15.9. The normalized spacial score (nSPS) is 10.9. The maximum absolute atomic E-state index is 12.0. The summed E-state index contributed by atoms with van der Waals surface area (Å²) in [6.45, 7) is 4.88. The van der Waals surface area contributed by atoms with Crippen LogP contribution < -0.4 is 10.9 Å². The first-order valence-corrected chi connectivity index (χ1v) is 8.20. The van der Waals surface area contributed by atoms with E-state index in [-0.39, 0.29) is 17.9 Å². The Bertz CT molecular complexity index is 664. The summed E-state index contributed by atoms with van der Waals surface area (Å²) in [5.74, 6) is 0.952. The highest BCUT2D eigenvalue weighted by Crippen LogP contribution is 2.18. The van der Waals surface area contributed by atoms with Crippen molar-refractivity contribution in [1.82, 2.24) is 20.5 Å². The molecule has 0 saturated heterocycles. The molecule has 0 atom stereocenters. The van der Waals surface area contributed by atoms with Gasteiger partial charge in [-0.2, -0.15) is 0 Å². The summed E-state index contributed by atoms with van der Waals surface area (Å²) in [5.41, 5.74) is 0.00713. The van der Waals surface area contributed by atoms with Crippen molar-refractivity contribution in [3.05, 3.63) is 33.6 Å². The van der Waals surface area contributed by atoms with Crippen molar-refractivity contribution in [1.29, 1.82) is 0 Å². The van der Waals surface area contributed by atoms with E-state index in [1.807, 2.05) is 17.5 Å². The Morgan fingerprint density at radius 3 is 2.86 bits per heavy atom. The number of thiophene rings is 1. The molecule has 2 rings (SSSR count). The smallest absolute Gasteiger partial charge is 0.273 e. The molecule has 1 amide bonds. The molecule has 2 heterocycles. The molecule has 2 aromatic rings. The van der Waals surface area contributed by atoms with E-state index in [1.165, 1.54) is 11.3 Å². The van der Waals surface area contributed by atoms with Crippen molar-refractivity contribution >= 4 is 17.2 Å². The minimum atomic E-state index is -0.284. The second kappa shape index (κ2) is 7.84. The summed E-state index contributed by atoms with van der Waals surface area (Å²) in [4.78, 5) is 27.2. The highest BCUT2D eigenvalue weighted by Gasteiger charge is 2.09. The number of aromatic nitrogens is 3. The number of H-pyrrole nitrogens is 1. The number of nitrogens with one attached hydrogen (secondary N) is 2. The number of aromatic amines is 1. The van der Waals surface area contributed by atoms with E-state index in [4.69, 9.17) is 0 Å². The summed E-state index contributed by atoms with van der Waals surface area (Å²) in [7, 11) is 0. The molecule has 0 unspecified atom stereocenters. The van der Waals surface area contributed by atoms with Crippen molar-refractivity contribution in [2.45, 2.75) is 33.1 Å². The molecule has 7 heteroatoms. The van der Waals surface area contributed by atoms with Crippen molar-refractivity contribution in [2.75, 3.05) is 6.54 Å². The summed E-state index contributed by atoms with van der Waals surface area (Å²) in [6, 6.07) is 3.75. The summed E-state index contributed by atoms with van der Waals surface area (Å²) in [5, 5.41) is 12.7. The zero-order valence-corrected chi connectivity index (χ0v) is 13.6. The molecule has 0 aromatic carbocycles. The Labute approximate surface area is 133 Å². The average Bonchev–Trinajstić information content (AvgIpc) is 2.99. The Morgan fingerprint density at radius 1 is 1.41 bits per heavy atom. The lowest BCUT2D eigenvalue weighted by atomic mass is 10.1. The van der Waals surface area contributed by atoms with E-state index in [0.29, 0.717) is 30.4 Å². The standard InChI is InChI=1S/C15H20N4O2S/c1-10(2)7-8-16-13(20)6-5-11-15(21)17-14(19-18-11)12-4-3-9-22-12/h3-4,9-10H,5-8H2,1-2H3,(H,16,20)(H,17,19,21). The monoisotopic (exact) mass is 320 g/mol. The predicted octanol–water partition coefficient (Wildman–Crippen LogP) is 1.99. The fourth-order valence-corrected chi connectivity index (χ4v) is 2.53. The van der Waals surface area contributed by atoms with Crippen molar-refractivity contribution in [3.63, 3.8) is 0 Å². The number of aryl methyl sites for hydroxylation is 1. The molecule has 6 nitrogen and oxygen atoms in total. The first-order chi connectivity index (χ1) is 10.6.